The molecule has 2 N–H and O–H groups in total. The van der Waals surface area contributed by atoms with E-state index >= 15 is 0 Å². The number of rotatable bonds is 5. The fourth-order valence-corrected chi connectivity index (χ4v) is 1.63. The number of carboxylic acid groups (broad SMARTS) is 1. The third-order valence-corrected chi connectivity index (χ3v) is 2.71. The van der Waals surface area contributed by atoms with Crippen LogP contribution in [-0.2, 0) is 9.59 Å². The summed E-state index contributed by atoms with van der Waals surface area (Å²) >= 11 is 0. The zero-order valence-corrected chi connectivity index (χ0v) is 11.6. The van der Waals surface area contributed by atoms with Crippen molar-refractivity contribution in [3.05, 3.63) is 29.3 Å². The lowest BCUT2D eigenvalue weighted by molar-refractivity contribution is -0.141. The lowest BCUT2D eigenvalue weighted by atomic mass is 10.1. The number of benzene rings is 1. The summed E-state index contributed by atoms with van der Waals surface area (Å²) in [5, 5.41) is 10.9. The Morgan fingerprint density at radius 2 is 1.79 bits per heavy atom. The summed E-state index contributed by atoms with van der Waals surface area (Å²) in [6.07, 6.45) is 0. The normalized spacial score (nSPS) is 10.9. The summed E-state index contributed by atoms with van der Waals surface area (Å²) in [5.41, 5.74) is 0.727. The van der Waals surface area contributed by atoms with Crippen LogP contribution in [0, 0.1) is 13.8 Å². The van der Waals surface area contributed by atoms with Gasteiger partial charge in [0, 0.05) is 0 Å². The summed E-state index contributed by atoms with van der Waals surface area (Å²) < 4.78 is 5.75. The van der Waals surface area contributed by atoms with Crippen LogP contribution in [0.25, 0.3) is 0 Å². The lowest BCUT2D eigenvalue weighted by Gasteiger charge is -2.27. The molecule has 0 aliphatic carbocycles. The number of aryl methyl sites for hydroxylation is 2. The fourth-order valence-electron chi connectivity index (χ4n) is 1.63. The van der Waals surface area contributed by atoms with Crippen LogP contribution in [0.2, 0.25) is 0 Å². The predicted molar refractivity (Wildman–Crippen MR) is 71.3 cm³/mol. The molecule has 0 aliphatic rings. The molecule has 0 radical (unpaired) electrons. The van der Waals surface area contributed by atoms with Crippen LogP contribution in [0.1, 0.15) is 25.0 Å². The molecule has 104 valence electrons. The standard InChI is InChI=1S/C14H19NO4/c1-9-6-5-7-10(2)12(9)19-14(3,4)13(18)15-8-11(16)17/h5-7H,8H2,1-4H3,(H,15,18)(H,16,17). The van der Waals surface area contributed by atoms with E-state index in [0.29, 0.717) is 5.75 Å². The molecular weight excluding hydrogens is 246 g/mol. The molecule has 1 amide bonds. The largest absolute Gasteiger partial charge is 0.480 e. The lowest BCUT2D eigenvalue weighted by Crippen LogP contribution is -2.48. The Kier molecular flexibility index (Phi) is 4.53. The number of carbonyl (C=O) groups excluding carboxylic acids is 1. The highest BCUT2D eigenvalue weighted by molar-refractivity contribution is 5.87. The van der Waals surface area contributed by atoms with Gasteiger partial charge in [0.2, 0.25) is 0 Å². The predicted octanol–water partition coefficient (Wildman–Crippen LogP) is 1.66. The van der Waals surface area contributed by atoms with Crippen molar-refractivity contribution in [2.24, 2.45) is 0 Å². The van der Waals surface area contributed by atoms with E-state index in [1.54, 1.807) is 13.8 Å². The Balaban J connectivity index is 2.84. The van der Waals surface area contributed by atoms with E-state index in [0.717, 1.165) is 11.1 Å². The van der Waals surface area contributed by atoms with E-state index in [1.807, 2.05) is 32.0 Å². The van der Waals surface area contributed by atoms with Gasteiger partial charge in [-0.3, -0.25) is 9.59 Å². The first-order chi connectivity index (χ1) is 8.74. The molecule has 0 atom stereocenters. The van der Waals surface area contributed by atoms with Crippen molar-refractivity contribution >= 4 is 11.9 Å². The Labute approximate surface area is 112 Å². The molecule has 5 heteroatoms. The molecular formula is C14H19NO4. The Bertz CT molecular complexity index is 474. The average Bonchev–Trinajstić information content (AvgIpc) is 2.31. The van der Waals surface area contributed by atoms with E-state index in [9.17, 15) is 9.59 Å². The van der Waals surface area contributed by atoms with Crippen LogP contribution in [0.15, 0.2) is 18.2 Å². The number of hydrogen-bond donors (Lipinski definition) is 2. The van der Waals surface area contributed by atoms with Crippen LogP contribution < -0.4 is 10.1 Å². The zero-order valence-electron chi connectivity index (χ0n) is 11.6. The molecule has 19 heavy (non-hydrogen) atoms. The van der Waals surface area contributed by atoms with Gasteiger partial charge in [-0.05, 0) is 38.8 Å². The number of nitrogens with one attached hydrogen (secondary N) is 1. The third kappa shape index (κ3) is 3.98. The maximum Gasteiger partial charge on any atom is 0.322 e. The van der Waals surface area contributed by atoms with Crippen molar-refractivity contribution in [2.45, 2.75) is 33.3 Å². The molecule has 1 aromatic carbocycles. The monoisotopic (exact) mass is 265 g/mol. The number of aliphatic carboxylic acids is 1. The highest BCUT2D eigenvalue weighted by atomic mass is 16.5. The molecule has 0 bridgehead atoms. The molecule has 0 aliphatic heterocycles. The van der Waals surface area contributed by atoms with Gasteiger partial charge in [-0.25, -0.2) is 0 Å². The van der Waals surface area contributed by atoms with Gasteiger partial charge >= 0.3 is 5.97 Å². The molecule has 0 saturated carbocycles. The topological polar surface area (TPSA) is 75.6 Å². The Morgan fingerprint density at radius 3 is 2.26 bits per heavy atom. The quantitative estimate of drug-likeness (QED) is 0.849. The second-order valence-electron chi connectivity index (χ2n) is 4.91. The number of carboxylic acids is 1. The van der Waals surface area contributed by atoms with Crippen LogP contribution in [0.4, 0.5) is 0 Å². The maximum atomic E-state index is 11.9. The van der Waals surface area contributed by atoms with Gasteiger partial charge in [-0.15, -0.1) is 0 Å². The van der Waals surface area contributed by atoms with Crippen LogP contribution in [0.5, 0.6) is 5.75 Å². The maximum absolute atomic E-state index is 11.9. The summed E-state index contributed by atoms with van der Waals surface area (Å²) in [4.78, 5) is 22.3. The summed E-state index contributed by atoms with van der Waals surface area (Å²) in [5.74, 6) is -0.897. The van der Waals surface area contributed by atoms with E-state index in [2.05, 4.69) is 5.32 Å². The first kappa shape index (κ1) is 15.0. The molecule has 0 heterocycles. The summed E-state index contributed by atoms with van der Waals surface area (Å²) in [6.45, 7) is 6.59. The third-order valence-electron chi connectivity index (χ3n) is 2.71. The van der Waals surface area contributed by atoms with Gasteiger partial charge in [0.15, 0.2) is 5.60 Å². The van der Waals surface area contributed by atoms with Crippen LogP contribution in [-0.4, -0.2) is 29.1 Å². The minimum Gasteiger partial charge on any atom is -0.480 e. The molecule has 1 aromatic rings. The molecule has 5 nitrogen and oxygen atoms in total. The second-order valence-corrected chi connectivity index (χ2v) is 4.91. The first-order valence-electron chi connectivity index (χ1n) is 5.99. The minimum atomic E-state index is -1.13. The van der Waals surface area contributed by atoms with Crippen LogP contribution in [0.3, 0.4) is 0 Å². The molecule has 0 unspecified atom stereocenters. The van der Waals surface area contributed by atoms with E-state index in [4.69, 9.17) is 9.84 Å². The van der Waals surface area contributed by atoms with Gasteiger partial charge < -0.3 is 15.2 Å². The van der Waals surface area contributed by atoms with Gasteiger partial charge in [0.1, 0.15) is 12.3 Å². The Morgan fingerprint density at radius 1 is 1.26 bits per heavy atom. The number of carbonyl (C=O) groups is 2. The highest BCUT2D eigenvalue weighted by Gasteiger charge is 2.31. The molecule has 0 aromatic heterocycles. The smallest absolute Gasteiger partial charge is 0.322 e. The molecule has 1 rings (SSSR count). The number of ether oxygens (including phenoxy) is 1. The van der Waals surface area contributed by atoms with Crippen molar-refractivity contribution < 1.29 is 19.4 Å². The number of para-hydroxylation sites is 1. The molecule has 0 saturated heterocycles. The van der Waals surface area contributed by atoms with Crippen molar-refractivity contribution in [1.29, 1.82) is 0 Å². The second kappa shape index (κ2) is 5.73. The van der Waals surface area contributed by atoms with Crippen molar-refractivity contribution in [1.82, 2.24) is 5.32 Å². The van der Waals surface area contributed by atoms with E-state index < -0.39 is 24.0 Å². The first-order valence-corrected chi connectivity index (χ1v) is 5.99. The fraction of sp³-hybridized carbons (Fsp3) is 0.429. The Hall–Kier alpha value is -2.04. The van der Waals surface area contributed by atoms with Crippen molar-refractivity contribution in [3.8, 4) is 5.75 Å². The number of hydrogen-bond acceptors (Lipinski definition) is 3. The van der Waals surface area contributed by atoms with Crippen molar-refractivity contribution in [3.63, 3.8) is 0 Å². The van der Waals surface area contributed by atoms with Gasteiger partial charge in [-0.1, -0.05) is 18.2 Å². The van der Waals surface area contributed by atoms with Crippen molar-refractivity contribution in [2.75, 3.05) is 6.54 Å². The van der Waals surface area contributed by atoms with E-state index in [-0.39, 0.29) is 0 Å². The highest BCUT2D eigenvalue weighted by Crippen LogP contribution is 2.26. The number of amides is 1. The summed E-state index contributed by atoms with van der Waals surface area (Å²) in [6, 6.07) is 5.70. The van der Waals surface area contributed by atoms with Gasteiger partial charge in [0.05, 0.1) is 0 Å². The van der Waals surface area contributed by atoms with Gasteiger partial charge in [0.25, 0.3) is 5.91 Å². The van der Waals surface area contributed by atoms with Crippen LogP contribution >= 0.6 is 0 Å². The summed E-state index contributed by atoms with van der Waals surface area (Å²) in [7, 11) is 0. The SMILES string of the molecule is Cc1cccc(C)c1OC(C)(C)C(=O)NCC(=O)O. The minimum absolute atomic E-state index is 0.418. The van der Waals surface area contributed by atoms with E-state index in [1.165, 1.54) is 0 Å². The van der Waals surface area contributed by atoms with Gasteiger partial charge in [-0.2, -0.15) is 0 Å². The average molecular weight is 265 g/mol. The zero-order chi connectivity index (χ0) is 14.6. The molecule has 0 spiro atoms. The molecule has 0 fully saturated rings.